The maximum Gasteiger partial charge on any atom is 0.414 e. The van der Waals surface area contributed by atoms with Gasteiger partial charge in [0.05, 0.1) is 18.1 Å². The molecule has 10 nitrogen and oxygen atoms in total. The predicted molar refractivity (Wildman–Crippen MR) is 234 cm³/mol. The van der Waals surface area contributed by atoms with Crippen molar-refractivity contribution >= 4 is 101 Å². The Balaban J connectivity index is 1.65. The van der Waals surface area contributed by atoms with E-state index in [1.54, 1.807) is 18.2 Å². The number of β-lactam (4-membered cyclic amide) rings is 1. The highest BCUT2D eigenvalue weighted by molar-refractivity contribution is 7.96. The van der Waals surface area contributed by atoms with Gasteiger partial charge in [0.15, 0.2) is 14.1 Å². The molecule has 5 rings (SSSR count). The summed E-state index contributed by atoms with van der Waals surface area (Å²) in [5, 5.41) is 15.3. The number of benzene rings is 4. The first-order chi connectivity index (χ1) is 27.2. The number of aliphatic carboxylic acids is 1. The first-order valence-electron chi connectivity index (χ1n) is 18.5. The van der Waals surface area contributed by atoms with Gasteiger partial charge in [0.2, 0.25) is 5.91 Å². The molecule has 0 aromatic heterocycles. The van der Waals surface area contributed by atoms with Crippen molar-refractivity contribution in [3.63, 3.8) is 0 Å². The monoisotopic (exact) mass is 882 g/mol. The van der Waals surface area contributed by atoms with Crippen LogP contribution in [-0.4, -0.2) is 69.3 Å². The van der Waals surface area contributed by atoms with Crippen LogP contribution in [0.2, 0.25) is 18.1 Å². The van der Waals surface area contributed by atoms with E-state index in [4.69, 9.17) is 44.0 Å². The molecule has 0 saturated carbocycles. The van der Waals surface area contributed by atoms with E-state index in [2.05, 4.69) is 33.9 Å². The average Bonchev–Trinajstić information content (AvgIpc) is 3.17. The standard InChI is InChI=1S/C43H46Cl3N2O8PSi/c1-28(56-58(5,6)42(2,3)4)36-34(26-35(49)30-18-16-17-29(25-30)27-55-41(54)47-40(53)43(44,45)46)48(37(36)50)38(39(51)52)57(31-19-10-7-11-20-31,32-21-12-8-13-22-32)33-23-14-9-15-24-33/h7-25,28,34,36H,26-27H2,1-6H3,(H,51,52)(H,47,53,54)/t28-,34-,36-/m1/s1. The molecule has 4 aromatic rings. The third kappa shape index (κ3) is 9.46. The van der Waals surface area contributed by atoms with Crippen LogP contribution in [0.25, 0.3) is 0 Å². The van der Waals surface area contributed by atoms with E-state index >= 15 is 0 Å². The zero-order valence-corrected chi connectivity index (χ0v) is 37.1. The molecule has 0 aliphatic carbocycles. The fourth-order valence-electron chi connectivity index (χ4n) is 6.94. The predicted octanol–water partition coefficient (Wildman–Crippen LogP) is 7.83. The zero-order valence-electron chi connectivity index (χ0n) is 32.9. The Morgan fingerprint density at radius 2 is 1.33 bits per heavy atom. The normalized spacial score (nSPS) is 16.5. The molecule has 15 heteroatoms. The summed E-state index contributed by atoms with van der Waals surface area (Å²) in [6, 6.07) is 33.5. The van der Waals surface area contributed by atoms with Crippen LogP contribution >= 0.6 is 41.7 Å². The molecule has 3 atom stereocenters. The number of imide groups is 1. The number of ether oxygens (including phenoxy) is 1. The quantitative estimate of drug-likeness (QED) is 0.0456. The second-order valence-corrected chi connectivity index (χ2v) is 25.9. The molecule has 306 valence electrons. The van der Waals surface area contributed by atoms with E-state index in [1.807, 2.05) is 103 Å². The maximum atomic E-state index is 14.9. The third-order valence-electron chi connectivity index (χ3n) is 10.7. The molecule has 1 saturated heterocycles. The number of nitrogens with zero attached hydrogens (tertiary/aromatic N) is 1. The van der Waals surface area contributed by atoms with E-state index in [1.165, 1.54) is 11.0 Å². The summed E-state index contributed by atoms with van der Waals surface area (Å²) in [7, 11) is -2.45. The number of amides is 3. The fraction of sp³-hybridized carbons (Fsp3) is 0.302. The largest absolute Gasteiger partial charge is 0.477 e. The lowest BCUT2D eigenvalue weighted by Gasteiger charge is -2.52. The SMILES string of the molecule is C[C@@H](O[Si](C)(C)C(C)(C)C)[C@H]1C(=O)N(C(C(=O)O)=P(c2ccccc2)(c2ccccc2)c2ccccc2)[C@@H]1CC(=O)c1cccc(COC(=O)NC(=O)C(Cl)(Cl)Cl)c1. The lowest BCUT2D eigenvalue weighted by atomic mass is 9.79. The minimum Gasteiger partial charge on any atom is -0.477 e. The fourth-order valence-corrected chi connectivity index (χ4v) is 12.9. The van der Waals surface area contributed by atoms with Gasteiger partial charge in [-0.05, 0) is 52.6 Å². The van der Waals surface area contributed by atoms with Gasteiger partial charge in [0.25, 0.3) is 9.70 Å². The molecular formula is C43H46Cl3N2O8PSi. The van der Waals surface area contributed by atoms with Crippen LogP contribution in [0.3, 0.4) is 0 Å². The van der Waals surface area contributed by atoms with Gasteiger partial charge in [-0.15, -0.1) is 0 Å². The van der Waals surface area contributed by atoms with Crippen LogP contribution in [-0.2, 0) is 30.2 Å². The molecule has 1 fully saturated rings. The van der Waals surface area contributed by atoms with Gasteiger partial charge in [0, 0.05) is 18.9 Å². The number of ketones is 1. The molecule has 1 aliphatic heterocycles. The Hall–Kier alpha value is -4.22. The third-order valence-corrected chi connectivity index (χ3v) is 20.1. The van der Waals surface area contributed by atoms with Gasteiger partial charge < -0.3 is 19.2 Å². The molecule has 1 heterocycles. The number of carbonyl (C=O) groups excluding carboxylic acids is 4. The Kier molecular flexibility index (Phi) is 13.9. The summed E-state index contributed by atoms with van der Waals surface area (Å²) in [4.78, 5) is 68.8. The molecule has 0 bridgehead atoms. The lowest BCUT2D eigenvalue weighted by Crippen LogP contribution is -2.69. The summed E-state index contributed by atoms with van der Waals surface area (Å²) in [6.07, 6.45) is -2.04. The summed E-state index contributed by atoms with van der Waals surface area (Å²) >= 11 is 16.6. The number of carboxylic acids is 1. The number of hydrogen-bond acceptors (Lipinski definition) is 7. The lowest BCUT2D eigenvalue weighted by molar-refractivity contribution is -0.155. The Bertz CT molecular complexity index is 2130. The minimum atomic E-state index is -3.33. The second-order valence-electron chi connectivity index (χ2n) is 15.5. The van der Waals surface area contributed by atoms with Crippen LogP contribution in [0.4, 0.5) is 4.79 Å². The summed E-state index contributed by atoms with van der Waals surface area (Å²) in [5.41, 5.74) is 0.546. The number of rotatable bonds is 13. The average molecular weight is 884 g/mol. The number of alkyl halides is 3. The van der Waals surface area contributed by atoms with Gasteiger partial charge in [-0.1, -0.05) is 165 Å². The molecule has 1 aliphatic rings. The first-order valence-corrected chi connectivity index (χ1v) is 24.4. The Labute approximate surface area is 354 Å². The number of alkyl carbamates (subject to hydrolysis) is 1. The minimum absolute atomic E-state index is 0.104. The number of carboxylic acid groups (broad SMARTS) is 1. The van der Waals surface area contributed by atoms with Crippen molar-refractivity contribution < 1.29 is 38.2 Å². The van der Waals surface area contributed by atoms with Crippen molar-refractivity contribution in [3.8, 4) is 0 Å². The molecule has 0 unspecified atom stereocenters. The van der Waals surface area contributed by atoms with Gasteiger partial charge in [-0.2, -0.15) is 0 Å². The number of hydrogen-bond donors (Lipinski definition) is 2. The molecule has 4 aromatic carbocycles. The van der Waals surface area contributed by atoms with Crippen molar-refractivity contribution in [1.29, 1.82) is 0 Å². The smallest absolute Gasteiger partial charge is 0.414 e. The van der Waals surface area contributed by atoms with Gasteiger partial charge in [-0.3, -0.25) is 19.7 Å². The maximum absolute atomic E-state index is 14.9. The molecule has 58 heavy (non-hydrogen) atoms. The van der Waals surface area contributed by atoms with Crippen LogP contribution in [0.15, 0.2) is 115 Å². The molecule has 2 N–H and O–H groups in total. The number of likely N-dealkylation sites (tertiary alicyclic amines) is 1. The number of nitrogens with one attached hydrogen (secondary N) is 1. The van der Waals surface area contributed by atoms with Crippen LogP contribution in [0, 0.1) is 5.92 Å². The van der Waals surface area contributed by atoms with E-state index in [9.17, 15) is 29.1 Å². The van der Waals surface area contributed by atoms with E-state index < -0.39 is 60.9 Å². The van der Waals surface area contributed by atoms with Crippen LogP contribution in [0.1, 0.15) is 50.0 Å². The van der Waals surface area contributed by atoms with Crippen molar-refractivity contribution in [3.05, 3.63) is 126 Å². The Morgan fingerprint density at radius 1 is 0.828 bits per heavy atom. The van der Waals surface area contributed by atoms with Crippen molar-refractivity contribution in [2.24, 2.45) is 5.92 Å². The van der Waals surface area contributed by atoms with Gasteiger partial charge in [-0.25, -0.2) is 9.59 Å². The van der Waals surface area contributed by atoms with Gasteiger partial charge >= 0.3 is 12.1 Å². The zero-order chi connectivity index (χ0) is 42.6. The molecule has 0 spiro atoms. The van der Waals surface area contributed by atoms with Gasteiger partial charge in [0.1, 0.15) is 12.0 Å². The van der Waals surface area contributed by atoms with Crippen molar-refractivity contribution in [1.82, 2.24) is 10.2 Å². The van der Waals surface area contributed by atoms with E-state index in [0.717, 1.165) is 15.9 Å². The summed E-state index contributed by atoms with van der Waals surface area (Å²) in [5.74, 6) is -4.13. The highest BCUT2D eigenvalue weighted by atomic mass is 35.6. The second kappa shape index (κ2) is 18.0. The number of Topliss-reactive ketones (excluding diaryl/α,β-unsaturated/α-hetero) is 1. The molecule has 0 radical (unpaired) electrons. The number of carbonyl (C=O) groups is 5. The first kappa shape index (κ1) is 44.9. The highest BCUT2D eigenvalue weighted by Gasteiger charge is 2.57. The van der Waals surface area contributed by atoms with Crippen molar-refractivity contribution in [2.45, 2.75) is 74.8 Å². The van der Waals surface area contributed by atoms with E-state index in [-0.39, 0.29) is 34.8 Å². The molecule has 3 amide bonds. The summed E-state index contributed by atoms with van der Waals surface area (Å²) < 4.78 is 9.52. The highest BCUT2D eigenvalue weighted by Crippen LogP contribution is 2.50. The summed E-state index contributed by atoms with van der Waals surface area (Å²) in [6.45, 7) is 8.61. The number of halogens is 3. The topological polar surface area (TPSA) is 139 Å². The Morgan fingerprint density at radius 3 is 1.78 bits per heavy atom. The van der Waals surface area contributed by atoms with E-state index in [0.29, 0.717) is 5.56 Å². The van der Waals surface area contributed by atoms with Crippen molar-refractivity contribution in [2.75, 3.05) is 0 Å². The van der Waals surface area contributed by atoms with Crippen LogP contribution < -0.4 is 21.2 Å². The van der Waals surface area contributed by atoms with Crippen LogP contribution in [0.5, 0.6) is 0 Å². The molecular weight excluding hydrogens is 838 g/mol.